The fourth-order valence-electron chi connectivity index (χ4n) is 3.47. The smallest absolute Gasteiger partial charge is 0.322 e. The molecular formula is C42H65F4NS. The second-order valence-electron chi connectivity index (χ2n) is 9.43. The minimum absolute atomic E-state index is 0.118. The second-order valence-corrected chi connectivity index (χ2v) is 9.91. The van der Waals surface area contributed by atoms with Gasteiger partial charge in [0.05, 0.1) is 0 Å². The number of aryl methyl sites for hydroxylation is 2. The zero-order valence-corrected chi connectivity index (χ0v) is 32.9. The SMILES string of the molecule is C#C.C=C.C=CC.C=CCc1c(C)cc(C)cc1F.C=CN1C(=C)C(/C(C)=C(\S)C=C(C)C)=CC=C1C.CC.CC.CCCC(F)(F)F. The van der Waals surface area contributed by atoms with Gasteiger partial charge in [-0.25, -0.2) is 4.39 Å². The highest BCUT2D eigenvalue weighted by atomic mass is 32.1. The van der Waals surface area contributed by atoms with E-state index in [0.29, 0.717) is 6.42 Å². The number of terminal acetylenes is 1. The van der Waals surface area contributed by atoms with Gasteiger partial charge in [0.25, 0.3) is 0 Å². The van der Waals surface area contributed by atoms with E-state index in [2.05, 4.69) is 104 Å². The molecule has 0 saturated carbocycles. The molecule has 1 nitrogen and oxygen atoms in total. The number of benzene rings is 1. The monoisotopic (exact) mass is 691 g/mol. The average Bonchev–Trinajstić information content (AvgIpc) is 3.03. The van der Waals surface area contributed by atoms with E-state index < -0.39 is 12.6 Å². The van der Waals surface area contributed by atoms with E-state index in [4.69, 9.17) is 0 Å². The molecule has 2 rings (SSSR count). The van der Waals surface area contributed by atoms with Crippen LogP contribution in [0.3, 0.4) is 0 Å². The van der Waals surface area contributed by atoms with Crippen LogP contribution in [0.4, 0.5) is 17.6 Å². The van der Waals surface area contributed by atoms with Gasteiger partial charge in [-0.1, -0.05) is 77.6 Å². The Morgan fingerprint density at radius 3 is 1.71 bits per heavy atom. The first-order valence-electron chi connectivity index (χ1n) is 15.9. The van der Waals surface area contributed by atoms with E-state index >= 15 is 0 Å². The quantitative estimate of drug-likeness (QED) is 0.102. The van der Waals surface area contributed by atoms with Crippen LogP contribution in [0.15, 0.2) is 121 Å². The molecular weight excluding hydrogens is 627 g/mol. The van der Waals surface area contributed by atoms with Gasteiger partial charge in [0, 0.05) is 34.5 Å². The van der Waals surface area contributed by atoms with E-state index in [1.54, 1.807) is 24.4 Å². The van der Waals surface area contributed by atoms with Crippen molar-refractivity contribution < 1.29 is 17.6 Å². The van der Waals surface area contributed by atoms with Crippen molar-refractivity contribution in [2.24, 2.45) is 0 Å². The molecule has 0 amide bonds. The number of hydrogen-bond acceptors (Lipinski definition) is 2. The Kier molecular flexibility index (Phi) is 42.7. The topological polar surface area (TPSA) is 3.24 Å². The molecule has 1 aromatic rings. The summed E-state index contributed by atoms with van der Waals surface area (Å²) in [6.07, 6.45) is 15.7. The summed E-state index contributed by atoms with van der Waals surface area (Å²) < 4.78 is 46.4. The van der Waals surface area contributed by atoms with Crippen molar-refractivity contribution in [3.05, 3.63) is 144 Å². The van der Waals surface area contributed by atoms with Crippen LogP contribution in [0, 0.1) is 32.5 Å². The average molecular weight is 692 g/mol. The number of thiol groups is 1. The van der Waals surface area contributed by atoms with Crippen LogP contribution >= 0.6 is 12.6 Å². The van der Waals surface area contributed by atoms with Crippen molar-refractivity contribution in [3.8, 4) is 12.8 Å². The molecule has 1 aromatic carbocycles. The summed E-state index contributed by atoms with van der Waals surface area (Å²) in [5.41, 5.74) is 8.25. The van der Waals surface area contributed by atoms with E-state index in [0.717, 1.165) is 44.1 Å². The summed E-state index contributed by atoms with van der Waals surface area (Å²) in [6.45, 7) is 44.4. The van der Waals surface area contributed by atoms with Crippen LogP contribution < -0.4 is 0 Å². The largest absolute Gasteiger partial charge is 0.389 e. The number of rotatable bonds is 6. The zero-order valence-electron chi connectivity index (χ0n) is 32.0. The van der Waals surface area contributed by atoms with Gasteiger partial charge in [-0.05, 0) is 102 Å². The fraction of sp³-hybridized carbons (Fsp3) is 0.381. The number of hydrogen-bond donors (Lipinski definition) is 1. The molecule has 1 aliphatic rings. The molecule has 0 bridgehead atoms. The first-order chi connectivity index (χ1) is 22.5. The van der Waals surface area contributed by atoms with E-state index in [9.17, 15) is 17.6 Å². The Bertz CT molecular complexity index is 1160. The van der Waals surface area contributed by atoms with Crippen molar-refractivity contribution in [2.45, 2.75) is 109 Å². The first-order valence-corrected chi connectivity index (χ1v) is 16.3. The Balaban J connectivity index is -0.000000127. The summed E-state index contributed by atoms with van der Waals surface area (Å²) in [5.74, 6) is -0.118. The normalized spacial score (nSPS) is 11.1. The third-order valence-corrected chi connectivity index (χ3v) is 5.78. The maximum atomic E-state index is 13.3. The minimum Gasteiger partial charge on any atom is -0.322 e. The van der Waals surface area contributed by atoms with Gasteiger partial charge in [-0.15, -0.1) is 51.8 Å². The fourth-order valence-corrected chi connectivity index (χ4v) is 3.85. The molecule has 1 aliphatic heterocycles. The summed E-state index contributed by atoms with van der Waals surface area (Å²) in [7, 11) is 0. The van der Waals surface area contributed by atoms with Crippen LogP contribution in [-0.2, 0) is 6.42 Å². The second kappa shape index (κ2) is 36.2. The number of allylic oxidation sites excluding steroid dienone is 8. The summed E-state index contributed by atoms with van der Waals surface area (Å²) in [6, 6.07) is 3.55. The Hall–Kier alpha value is -3.69. The van der Waals surface area contributed by atoms with Gasteiger partial charge in [-0.3, -0.25) is 0 Å². The molecule has 272 valence electrons. The van der Waals surface area contributed by atoms with Gasteiger partial charge >= 0.3 is 6.18 Å². The summed E-state index contributed by atoms with van der Waals surface area (Å²) in [4.78, 5) is 2.96. The standard InChI is InChI=1S/C16H21NS.C11H13F.C4H7F3.C3H6.2C2H6.C2H4.C2H2/c1-7-17-12(4)8-9-15(14(17)6)13(5)16(18)10-11(2)3;1-4-5-10-9(3)6-8(2)7-11(10)12;1-2-3-4(5,6)7;1-3-2;4*1-2/h7-10,18H,1,6H2,2-5H3;4,6-7H,1,5H2,2-3H3;2-3H2,1H3;3H,1H2,2H3;2*1-2H3;1-2H2;1-2H/b16-13-;;;;;;;. The zero-order chi connectivity index (χ0) is 39.6. The van der Waals surface area contributed by atoms with Crippen LogP contribution in [0.25, 0.3) is 0 Å². The lowest BCUT2D eigenvalue weighted by Gasteiger charge is -2.28. The molecule has 0 atom stereocenters. The van der Waals surface area contributed by atoms with Crippen LogP contribution in [0.2, 0.25) is 0 Å². The van der Waals surface area contributed by atoms with Crippen molar-refractivity contribution >= 4 is 12.6 Å². The van der Waals surface area contributed by atoms with Gasteiger partial charge in [0.1, 0.15) is 5.82 Å². The molecule has 0 spiro atoms. The third kappa shape index (κ3) is 28.5. The van der Waals surface area contributed by atoms with Crippen LogP contribution in [0.5, 0.6) is 0 Å². The highest BCUT2D eigenvalue weighted by molar-refractivity contribution is 7.84. The maximum absolute atomic E-state index is 13.3. The molecule has 0 unspecified atom stereocenters. The predicted octanol–water partition coefficient (Wildman–Crippen LogP) is 14.8. The van der Waals surface area contributed by atoms with Crippen molar-refractivity contribution in [2.75, 3.05) is 0 Å². The Labute approximate surface area is 299 Å². The molecule has 0 saturated heterocycles. The Morgan fingerprint density at radius 2 is 1.40 bits per heavy atom. The molecule has 0 aliphatic carbocycles. The van der Waals surface area contributed by atoms with E-state index in [-0.39, 0.29) is 12.2 Å². The lowest BCUT2D eigenvalue weighted by molar-refractivity contribution is -0.134. The Morgan fingerprint density at radius 1 is 0.938 bits per heavy atom. The summed E-state index contributed by atoms with van der Waals surface area (Å²) in [5, 5.41) is 0. The highest BCUT2D eigenvalue weighted by Crippen LogP contribution is 2.31. The van der Waals surface area contributed by atoms with E-state index in [1.807, 2.05) is 66.4 Å². The lowest BCUT2D eigenvalue weighted by Crippen LogP contribution is -2.18. The molecule has 0 radical (unpaired) electrons. The van der Waals surface area contributed by atoms with Crippen molar-refractivity contribution in [3.63, 3.8) is 0 Å². The highest BCUT2D eigenvalue weighted by Gasteiger charge is 2.24. The van der Waals surface area contributed by atoms with Gasteiger partial charge in [-0.2, -0.15) is 13.2 Å². The minimum atomic E-state index is -3.95. The lowest BCUT2D eigenvalue weighted by atomic mass is 9.99. The molecule has 0 fully saturated rings. The molecule has 48 heavy (non-hydrogen) atoms. The number of alkyl halides is 3. The van der Waals surface area contributed by atoms with E-state index in [1.165, 1.54) is 12.5 Å². The van der Waals surface area contributed by atoms with Gasteiger partial charge in [0.15, 0.2) is 0 Å². The molecule has 6 heteroatoms. The summed E-state index contributed by atoms with van der Waals surface area (Å²) >= 11 is 4.55. The van der Waals surface area contributed by atoms with Crippen molar-refractivity contribution in [1.29, 1.82) is 0 Å². The van der Waals surface area contributed by atoms with Crippen LogP contribution in [0.1, 0.15) is 98.8 Å². The molecule has 1 heterocycles. The van der Waals surface area contributed by atoms with Crippen LogP contribution in [-0.4, -0.2) is 11.1 Å². The maximum Gasteiger partial charge on any atom is 0.389 e. The van der Waals surface area contributed by atoms with Gasteiger partial charge < -0.3 is 4.90 Å². The van der Waals surface area contributed by atoms with Crippen molar-refractivity contribution in [1.82, 2.24) is 4.90 Å². The molecule has 0 aromatic heterocycles. The number of halogens is 4. The first kappa shape index (κ1) is 56.6. The number of nitrogens with zero attached hydrogens (tertiary/aromatic N) is 1. The molecule has 0 N–H and O–H groups in total. The van der Waals surface area contributed by atoms with Gasteiger partial charge in [0.2, 0.25) is 0 Å². The third-order valence-electron chi connectivity index (χ3n) is 5.31. The predicted molar refractivity (Wildman–Crippen MR) is 215 cm³/mol.